The quantitative estimate of drug-likeness (QED) is 0.823. The van der Waals surface area contributed by atoms with Gasteiger partial charge in [0.05, 0.1) is 13.2 Å². The van der Waals surface area contributed by atoms with Crippen molar-refractivity contribution in [2.24, 2.45) is 11.8 Å². The highest BCUT2D eigenvalue weighted by atomic mass is 35.5. The average Bonchev–Trinajstić information content (AvgIpc) is 3.12. The molecule has 1 aromatic rings. The highest BCUT2D eigenvalue weighted by molar-refractivity contribution is 6.31. The van der Waals surface area contributed by atoms with Crippen molar-refractivity contribution in [2.75, 3.05) is 20.3 Å². The Hall–Kier alpha value is -0.930. The monoisotopic (exact) mass is 297 g/mol. The molecule has 3 unspecified atom stereocenters. The maximum atomic E-state index is 6.45. The number of rotatable bonds is 7. The standard InChI is InChI=1S/C16H24ClNO2/c1-5-19-14-8-12(13(17)9-15(14)20-6-2)16(18-4)11-7-10(11)3/h8-11,16,18H,5-7H2,1-4H3. The van der Waals surface area contributed by atoms with E-state index >= 15 is 0 Å². The Labute approximate surface area is 126 Å². The summed E-state index contributed by atoms with van der Waals surface area (Å²) in [6.07, 6.45) is 1.25. The molecule has 1 saturated carbocycles. The smallest absolute Gasteiger partial charge is 0.162 e. The van der Waals surface area contributed by atoms with Gasteiger partial charge in [-0.05, 0) is 50.8 Å². The topological polar surface area (TPSA) is 30.5 Å². The third kappa shape index (κ3) is 3.21. The second-order valence-electron chi connectivity index (χ2n) is 5.33. The van der Waals surface area contributed by atoms with Crippen LogP contribution in [0.25, 0.3) is 0 Å². The first kappa shape index (κ1) is 15.5. The van der Waals surface area contributed by atoms with E-state index in [0.29, 0.717) is 19.1 Å². The Morgan fingerprint density at radius 2 is 1.80 bits per heavy atom. The van der Waals surface area contributed by atoms with Crippen LogP contribution in [0.15, 0.2) is 12.1 Å². The molecule has 1 aliphatic carbocycles. The van der Waals surface area contributed by atoms with Crippen LogP contribution >= 0.6 is 11.6 Å². The lowest BCUT2D eigenvalue weighted by Gasteiger charge is -2.21. The van der Waals surface area contributed by atoms with Crippen LogP contribution in [0.1, 0.15) is 38.8 Å². The van der Waals surface area contributed by atoms with Gasteiger partial charge >= 0.3 is 0 Å². The van der Waals surface area contributed by atoms with Crippen molar-refractivity contribution in [3.8, 4) is 11.5 Å². The summed E-state index contributed by atoms with van der Waals surface area (Å²) in [7, 11) is 1.99. The molecular weight excluding hydrogens is 274 g/mol. The second-order valence-corrected chi connectivity index (χ2v) is 5.74. The molecule has 0 heterocycles. The SMILES string of the molecule is CCOc1cc(Cl)c(C(NC)C2CC2C)cc1OCC. The van der Waals surface area contributed by atoms with E-state index in [-0.39, 0.29) is 6.04 Å². The molecule has 4 heteroatoms. The summed E-state index contributed by atoms with van der Waals surface area (Å²) in [4.78, 5) is 0. The van der Waals surface area contributed by atoms with Crippen LogP contribution in [0.3, 0.4) is 0 Å². The number of nitrogens with one attached hydrogen (secondary N) is 1. The molecule has 1 aliphatic rings. The Morgan fingerprint density at radius 3 is 2.25 bits per heavy atom. The van der Waals surface area contributed by atoms with Crippen molar-refractivity contribution in [2.45, 2.75) is 33.2 Å². The summed E-state index contributed by atoms with van der Waals surface area (Å²) in [6.45, 7) is 7.43. The summed E-state index contributed by atoms with van der Waals surface area (Å²) in [6, 6.07) is 4.19. The minimum absolute atomic E-state index is 0.285. The van der Waals surface area contributed by atoms with Crippen molar-refractivity contribution < 1.29 is 9.47 Å². The van der Waals surface area contributed by atoms with Crippen LogP contribution < -0.4 is 14.8 Å². The second kappa shape index (κ2) is 6.68. The lowest BCUT2D eigenvalue weighted by molar-refractivity contribution is 0.287. The molecule has 1 fully saturated rings. The normalized spacial score (nSPS) is 22.4. The first-order valence-electron chi connectivity index (χ1n) is 7.38. The van der Waals surface area contributed by atoms with Gasteiger partial charge in [0.2, 0.25) is 0 Å². The van der Waals surface area contributed by atoms with Gasteiger partial charge in [-0.1, -0.05) is 18.5 Å². The van der Waals surface area contributed by atoms with Gasteiger partial charge in [0.25, 0.3) is 0 Å². The molecule has 1 aromatic carbocycles. The molecule has 0 aliphatic heterocycles. The molecule has 2 rings (SSSR count). The van der Waals surface area contributed by atoms with Crippen molar-refractivity contribution in [3.63, 3.8) is 0 Å². The minimum atomic E-state index is 0.285. The fraction of sp³-hybridized carbons (Fsp3) is 0.625. The van der Waals surface area contributed by atoms with Gasteiger partial charge in [-0.2, -0.15) is 0 Å². The van der Waals surface area contributed by atoms with Crippen molar-refractivity contribution in [3.05, 3.63) is 22.7 Å². The molecule has 3 atom stereocenters. The van der Waals surface area contributed by atoms with Crippen LogP contribution in [0.4, 0.5) is 0 Å². The number of ether oxygens (including phenoxy) is 2. The molecule has 1 N–H and O–H groups in total. The molecule has 0 bridgehead atoms. The Kier molecular flexibility index (Phi) is 5.17. The molecular formula is C16H24ClNO2. The summed E-state index contributed by atoms with van der Waals surface area (Å²) in [5, 5.41) is 4.14. The Balaban J connectivity index is 2.34. The van der Waals surface area contributed by atoms with Gasteiger partial charge in [0.15, 0.2) is 11.5 Å². The van der Waals surface area contributed by atoms with Crippen LogP contribution in [-0.2, 0) is 0 Å². The minimum Gasteiger partial charge on any atom is -0.490 e. The average molecular weight is 298 g/mol. The van der Waals surface area contributed by atoms with Gasteiger partial charge in [0, 0.05) is 17.1 Å². The van der Waals surface area contributed by atoms with E-state index in [1.807, 2.05) is 33.0 Å². The number of hydrogen-bond donors (Lipinski definition) is 1. The van der Waals surface area contributed by atoms with Gasteiger partial charge in [-0.3, -0.25) is 0 Å². The van der Waals surface area contributed by atoms with E-state index < -0.39 is 0 Å². The molecule has 0 aromatic heterocycles. The van der Waals surface area contributed by atoms with Crippen LogP contribution in [-0.4, -0.2) is 20.3 Å². The fourth-order valence-corrected chi connectivity index (χ4v) is 3.01. The highest BCUT2D eigenvalue weighted by Crippen LogP contribution is 2.49. The predicted molar refractivity (Wildman–Crippen MR) is 82.9 cm³/mol. The van der Waals surface area contributed by atoms with Crippen LogP contribution in [0.2, 0.25) is 5.02 Å². The van der Waals surface area contributed by atoms with Crippen molar-refractivity contribution in [1.82, 2.24) is 5.32 Å². The van der Waals surface area contributed by atoms with Gasteiger partial charge in [0.1, 0.15) is 0 Å². The number of hydrogen-bond acceptors (Lipinski definition) is 3. The first-order chi connectivity index (χ1) is 9.62. The van der Waals surface area contributed by atoms with Gasteiger partial charge < -0.3 is 14.8 Å². The van der Waals surface area contributed by atoms with E-state index in [9.17, 15) is 0 Å². The van der Waals surface area contributed by atoms with E-state index in [1.54, 1.807) is 0 Å². The zero-order valence-corrected chi connectivity index (χ0v) is 13.5. The van der Waals surface area contributed by atoms with E-state index in [2.05, 4.69) is 12.2 Å². The van der Waals surface area contributed by atoms with E-state index in [4.69, 9.17) is 21.1 Å². The van der Waals surface area contributed by atoms with Gasteiger partial charge in [-0.25, -0.2) is 0 Å². The molecule has 3 nitrogen and oxygen atoms in total. The summed E-state index contributed by atoms with van der Waals surface area (Å²) in [5.74, 6) is 2.92. The zero-order chi connectivity index (χ0) is 14.7. The maximum absolute atomic E-state index is 6.45. The lowest BCUT2D eigenvalue weighted by atomic mass is 10.0. The van der Waals surface area contributed by atoms with Crippen molar-refractivity contribution in [1.29, 1.82) is 0 Å². The lowest BCUT2D eigenvalue weighted by Crippen LogP contribution is -2.19. The first-order valence-corrected chi connectivity index (χ1v) is 7.76. The van der Waals surface area contributed by atoms with Gasteiger partial charge in [-0.15, -0.1) is 0 Å². The van der Waals surface area contributed by atoms with Crippen LogP contribution in [0.5, 0.6) is 11.5 Å². The fourth-order valence-electron chi connectivity index (χ4n) is 2.74. The Morgan fingerprint density at radius 1 is 1.25 bits per heavy atom. The summed E-state index contributed by atoms with van der Waals surface area (Å²) in [5.41, 5.74) is 1.11. The molecule has 0 spiro atoms. The third-order valence-corrected chi connectivity index (χ3v) is 4.24. The summed E-state index contributed by atoms with van der Waals surface area (Å²) >= 11 is 6.45. The van der Waals surface area contributed by atoms with E-state index in [0.717, 1.165) is 28.0 Å². The predicted octanol–water partition coefficient (Wildman–Crippen LogP) is 4.05. The number of halogens is 1. The zero-order valence-electron chi connectivity index (χ0n) is 12.7. The van der Waals surface area contributed by atoms with E-state index in [1.165, 1.54) is 6.42 Å². The molecule has 20 heavy (non-hydrogen) atoms. The van der Waals surface area contributed by atoms with Crippen molar-refractivity contribution >= 4 is 11.6 Å². The Bertz CT molecular complexity index is 464. The maximum Gasteiger partial charge on any atom is 0.162 e. The molecule has 112 valence electrons. The largest absolute Gasteiger partial charge is 0.490 e. The molecule has 0 saturated heterocycles. The number of benzene rings is 1. The molecule has 0 radical (unpaired) electrons. The highest BCUT2D eigenvalue weighted by Gasteiger charge is 2.40. The van der Waals surface area contributed by atoms with Crippen LogP contribution in [0, 0.1) is 11.8 Å². The third-order valence-electron chi connectivity index (χ3n) is 3.91. The summed E-state index contributed by atoms with van der Waals surface area (Å²) < 4.78 is 11.3. The molecule has 0 amide bonds.